The Balaban J connectivity index is 6.25. The molecule has 0 saturated heterocycles. The number of rotatable bonds is 9. The zero-order valence-corrected chi connectivity index (χ0v) is 15.1. The van der Waals surface area contributed by atoms with Gasteiger partial charge in [0.2, 0.25) is 0 Å². The van der Waals surface area contributed by atoms with Crippen molar-refractivity contribution in [3.05, 3.63) is 12.2 Å². The van der Waals surface area contributed by atoms with Gasteiger partial charge in [0.1, 0.15) is 6.61 Å². The molecule has 0 aromatic heterocycles. The molecule has 3 nitrogen and oxygen atoms in total. The number of halogens is 15. The van der Waals surface area contributed by atoms with Gasteiger partial charge in [-0.25, -0.2) is 9.18 Å². The summed E-state index contributed by atoms with van der Waals surface area (Å²) >= 11 is 0. The van der Waals surface area contributed by atoms with Crippen molar-refractivity contribution >= 4 is 5.97 Å². The van der Waals surface area contributed by atoms with Gasteiger partial charge in [-0.1, -0.05) is 6.58 Å². The van der Waals surface area contributed by atoms with Gasteiger partial charge in [-0.15, -0.1) is 0 Å². The lowest BCUT2D eigenvalue weighted by molar-refractivity contribution is -0.457. The van der Waals surface area contributed by atoms with Crippen molar-refractivity contribution in [1.82, 2.24) is 0 Å². The predicted molar refractivity (Wildman–Crippen MR) is 72.1 cm³/mol. The van der Waals surface area contributed by atoms with Crippen molar-refractivity contribution < 1.29 is 80.5 Å². The van der Waals surface area contributed by atoms with Crippen LogP contribution in [0, 0.1) is 0 Å². The zero-order valence-electron chi connectivity index (χ0n) is 15.1. The summed E-state index contributed by atoms with van der Waals surface area (Å²) in [6, 6.07) is 0. The van der Waals surface area contributed by atoms with Gasteiger partial charge in [-0.3, -0.25) is 0 Å². The van der Waals surface area contributed by atoms with Gasteiger partial charge in [-0.05, 0) is 6.92 Å². The molecule has 0 fully saturated rings. The Labute approximate surface area is 167 Å². The number of hydrogen-bond donors (Lipinski definition) is 1. The van der Waals surface area contributed by atoms with Crippen molar-refractivity contribution in [2.45, 2.75) is 61.2 Å². The highest BCUT2D eigenvalue weighted by Gasteiger charge is 2.95. The number of aliphatic hydroxyl groups is 1. The monoisotopic (exact) mass is 512 g/mol. The summed E-state index contributed by atoms with van der Waals surface area (Å²) in [5.74, 6) is -32.8. The van der Waals surface area contributed by atoms with E-state index in [0.717, 1.165) is 6.92 Å². The molecule has 0 aliphatic carbocycles. The summed E-state index contributed by atoms with van der Waals surface area (Å²) in [5, 5.41) is 9.08. The minimum absolute atomic E-state index is 0.459. The van der Waals surface area contributed by atoms with Crippen molar-refractivity contribution in [2.24, 2.45) is 0 Å². The van der Waals surface area contributed by atoms with Gasteiger partial charge in [0.05, 0.1) is 6.10 Å². The number of esters is 1. The zero-order chi connectivity index (χ0) is 26.4. The molecule has 18 heteroatoms. The summed E-state index contributed by atoms with van der Waals surface area (Å²) in [6.45, 7) is 2.21. The van der Waals surface area contributed by atoms with Crippen molar-refractivity contribution in [2.75, 3.05) is 6.61 Å². The molecule has 190 valence electrons. The second-order valence-corrected chi connectivity index (χ2v) is 6.32. The Morgan fingerprint density at radius 3 is 1.47 bits per heavy atom. The Morgan fingerprint density at radius 2 is 1.16 bits per heavy atom. The minimum atomic E-state index is -8.53. The molecule has 1 atom stereocenters. The lowest BCUT2D eigenvalue weighted by atomic mass is 9.85. The highest BCUT2D eigenvalue weighted by Crippen LogP contribution is 2.64. The van der Waals surface area contributed by atoms with E-state index in [1.807, 2.05) is 0 Å². The van der Waals surface area contributed by atoms with Crippen molar-refractivity contribution in [3.63, 3.8) is 0 Å². The summed E-state index contributed by atoms with van der Waals surface area (Å²) in [7, 11) is 0. The van der Waals surface area contributed by atoms with Gasteiger partial charge in [0.25, 0.3) is 0 Å². The summed E-state index contributed by atoms with van der Waals surface area (Å²) in [5.41, 5.74) is -8.84. The van der Waals surface area contributed by atoms with Crippen LogP contribution in [-0.2, 0) is 9.53 Å². The van der Waals surface area contributed by atoms with Gasteiger partial charge >= 0.3 is 47.7 Å². The van der Waals surface area contributed by atoms with Crippen molar-refractivity contribution in [3.8, 4) is 0 Å². The van der Waals surface area contributed by atoms with Crippen LogP contribution in [0.1, 0.15) is 13.3 Å². The highest BCUT2D eigenvalue weighted by atomic mass is 19.4. The minimum Gasteiger partial charge on any atom is -0.460 e. The number of ether oxygens (including phenoxy) is 1. The van der Waals surface area contributed by atoms with Crippen LogP contribution in [0.2, 0.25) is 0 Å². The Morgan fingerprint density at radius 1 is 0.781 bits per heavy atom. The smallest absolute Gasteiger partial charge is 0.438 e. The van der Waals surface area contributed by atoms with E-state index in [4.69, 9.17) is 5.11 Å². The van der Waals surface area contributed by atoms with E-state index in [9.17, 15) is 70.7 Å². The Bertz CT molecular complexity index is 693. The standard InChI is InChI=1S/C14H11F15O3/c1-5(2)7(31)32-4-6(30)3-8(15,16)10(18,19)12(22,23)11(20,21)9(17,13(24,25)26)14(27,28)29/h6,30H,1,3-4H2,2H3. The summed E-state index contributed by atoms with van der Waals surface area (Å²) < 4.78 is 199. The first kappa shape index (κ1) is 30.1. The van der Waals surface area contributed by atoms with Gasteiger partial charge in [-0.2, -0.15) is 61.5 Å². The SMILES string of the molecule is C=C(C)C(=O)OCC(O)CC(F)(F)C(F)(F)C(F)(F)C(F)(F)C(F)(C(F)(F)F)C(F)(F)F. The largest absolute Gasteiger partial charge is 0.460 e. The third kappa shape index (κ3) is 4.73. The molecule has 0 spiro atoms. The second-order valence-electron chi connectivity index (χ2n) is 6.32. The quantitative estimate of drug-likeness (QED) is 0.262. The lowest BCUT2D eigenvalue weighted by Crippen LogP contribution is -2.75. The maximum Gasteiger partial charge on any atom is 0.438 e. The van der Waals surface area contributed by atoms with Gasteiger partial charge in [0, 0.05) is 12.0 Å². The molecule has 0 aromatic rings. The number of carbonyl (C=O) groups excluding carboxylic acids is 1. The molecule has 1 N–H and O–H groups in total. The van der Waals surface area contributed by atoms with Crippen LogP contribution in [-0.4, -0.2) is 65.5 Å². The molecule has 0 saturated carbocycles. The molecule has 0 radical (unpaired) electrons. The van der Waals surface area contributed by atoms with Crippen molar-refractivity contribution in [1.29, 1.82) is 0 Å². The Kier molecular flexibility index (Phi) is 7.98. The fourth-order valence-corrected chi connectivity index (χ4v) is 1.94. The molecule has 1 unspecified atom stereocenters. The van der Waals surface area contributed by atoms with E-state index in [2.05, 4.69) is 11.3 Å². The molecule has 0 amide bonds. The van der Waals surface area contributed by atoms with E-state index in [-0.39, 0.29) is 0 Å². The fourth-order valence-electron chi connectivity index (χ4n) is 1.94. The van der Waals surface area contributed by atoms with Gasteiger partial charge in [0.15, 0.2) is 0 Å². The third-order valence-electron chi connectivity index (χ3n) is 3.71. The normalized spacial score (nSPS) is 16.0. The van der Waals surface area contributed by atoms with Crippen LogP contribution in [0.5, 0.6) is 0 Å². The van der Waals surface area contributed by atoms with Crippen LogP contribution in [0.25, 0.3) is 0 Å². The highest BCUT2D eigenvalue weighted by molar-refractivity contribution is 5.86. The molecule has 0 bridgehead atoms. The first-order valence-corrected chi connectivity index (χ1v) is 7.56. The number of alkyl halides is 15. The van der Waals surface area contributed by atoms with E-state index >= 15 is 0 Å². The molecule has 32 heavy (non-hydrogen) atoms. The fraction of sp³-hybridized carbons (Fsp3) is 0.786. The average Bonchev–Trinajstić information content (AvgIpc) is 2.55. The van der Waals surface area contributed by atoms with Gasteiger partial charge < -0.3 is 9.84 Å². The van der Waals surface area contributed by atoms with E-state index < -0.39 is 72.4 Å². The number of carbonyl (C=O) groups is 1. The average molecular weight is 512 g/mol. The molecular weight excluding hydrogens is 501 g/mol. The molecule has 0 rings (SSSR count). The topological polar surface area (TPSA) is 46.5 Å². The third-order valence-corrected chi connectivity index (χ3v) is 3.71. The van der Waals surface area contributed by atoms with E-state index in [0.29, 0.717) is 0 Å². The molecule has 0 aliphatic rings. The maximum absolute atomic E-state index is 13.6. The summed E-state index contributed by atoms with van der Waals surface area (Å²) in [6.07, 6.45) is -22.1. The van der Waals surface area contributed by atoms with Crippen LogP contribution >= 0.6 is 0 Å². The maximum atomic E-state index is 13.6. The number of aliphatic hydroxyl groups excluding tert-OH is 1. The first-order valence-electron chi connectivity index (χ1n) is 7.56. The van der Waals surface area contributed by atoms with Crippen LogP contribution in [0.15, 0.2) is 12.2 Å². The molecule has 0 aromatic carbocycles. The molecule has 0 heterocycles. The Hall–Kier alpha value is -1.88. The molecular formula is C14H11F15O3. The van der Waals surface area contributed by atoms with E-state index in [1.54, 1.807) is 0 Å². The summed E-state index contributed by atoms with van der Waals surface area (Å²) in [4.78, 5) is 11.0. The predicted octanol–water partition coefficient (Wildman–Crippen LogP) is 5.23. The van der Waals surface area contributed by atoms with Crippen LogP contribution in [0.4, 0.5) is 65.9 Å². The lowest BCUT2D eigenvalue weighted by Gasteiger charge is -2.43. The first-order chi connectivity index (χ1) is 13.7. The number of hydrogen-bond acceptors (Lipinski definition) is 3. The second kappa shape index (κ2) is 8.48. The van der Waals surface area contributed by atoms with Crippen LogP contribution < -0.4 is 0 Å². The van der Waals surface area contributed by atoms with Crippen LogP contribution in [0.3, 0.4) is 0 Å². The van der Waals surface area contributed by atoms with E-state index in [1.165, 1.54) is 0 Å². The molecule has 0 aliphatic heterocycles.